The first-order valence-corrected chi connectivity index (χ1v) is 4.84. The third kappa shape index (κ3) is 2.55. The molecule has 1 nitrogen and oxygen atoms in total. The lowest BCUT2D eigenvalue weighted by Gasteiger charge is -2.19. The fraction of sp³-hybridized carbons (Fsp3) is 0.400. The first-order valence-electron chi connectivity index (χ1n) is 4.01. The molecule has 0 unspecified atom stereocenters. The molecule has 0 N–H and O–H groups in total. The second-order valence-electron chi connectivity index (χ2n) is 3.40. The van der Waals surface area contributed by atoms with Crippen LogP contribution in [0.2, 0.25) is 5.02 Å². The zero-order valence-corrected chi connectivity index (χ0v) is 9.62. The van der Waals surface area contributed by atoms with Gasteiger partial charge in [0.2, 0.25) is 0 Å². The first-order chi connectivity index (χ1) is 5.95. The van der Waals surface area contributed by atoms with Crippen molar-refractivity contribution in [1.82, 2.24) is 0 Å². The summed E-state index contributed by atoms with van der Waals surface area (Å²) in [5, 5.41) is 0.694. The quantitative estimate of drug-likeness (QED) is 0.745. The Balaban J connectivity index is 3.13. The summed E-state index contributed by atoms with van der Waals surface area (Å²) in [5.41, 5.74) is 1.01. The van der Waals surface area contributed by atoms with Crippen molar-refractivity contribution in [2.45, 2.75) is 18.6 Å². The molecule has 1 rings (SSSR count). The number of thiol groups is 1. The van der Waals surface area contributed by atoms with Crippen molar-refractivity contribution in [1.29, 1.82) is 0 Å². The van der Waals surface area contributed by atoms with Gasteiger partial charge in [-0.05, 0) is 31.5 Å². The highest BCUT2D eigenvalue weighted by Gasteiger charge is 2.18. The molecular weight excluding hydrogens is 204 g/mol. The standard InChI is InChI=1S/C10H13ClOS/c1-10(2,13)8-5-4-7(12-3)6-9(8)11/h4-6,13H,1-3H3. The van der Waals surface area contributed by atoms with Crippen LogP contribution in [0, 0.1) is 0 Å². The summed E-state index contributed by atoms with van der Waals surface area (Å²) in [6, 6.07) is 5.63. The van der Waals surface area contributed by atoms with E-state index >= 15 is 0 Å². The van der Waals surface area contributed by atoms with Crippen LogP contribution in [0.15, 0.2) is 18.2 Å². The normalized spacial score (nSPS) is 11.5. The van der Waals surface area contributed by atoms with Gasteiger partial charge in [0.15, 0.2) is 0 Å². The Kier molecular flexibility index (Phi) is 3.14. The maximum absolute atomic E-state index is 6.06. The predicted octanol–water partition coefficient (Wildman–Crippen LogP) is 3.51. The molecule has 0 aromatic heterocycles. The minimum absolute atomic E-state index is 0.219. The number of rotatable bonds is 2. The van der Waals surface area contributed by atoms with Crippen molar-refractivity contribution < 1.29 is 4.74 Å². The molecule has 0 bridgehead atoms. The first kappa shape index (κ1) is 10.7. The van der Waals surface area contributed by atoms with Crippen molar-refractivity contribution in [3.05, 3.63) is 28.8 Å². The summed E-state index contributed by atoms with van der Waals surface area (Å²) in [7, 11) is 1.62. The molecule has 0 aliphatic carbocycles. The van der Waals surface area contributed by atoms with E-state index in [1.165, 1.54) is 0 Å². The lowest BCUT2D eigenvalue weighted by Crippen LogP contribution is -2.08. The fourth-order valence-electron chi connectivity index (χ4n) is 1.12. The molecule has 0 saturated carbocycles. The van der Waals surface area contributed by atoms with Gasteiger partial charge in [0.1, 0.15) is 5.75 Å². The van der Waals surface area contributed by atoms with Crippen LogP contribution in [0.25, 0.3) is 0 Å². The Morgan fingerprint density at radius 1 is 1.38 bits per heavy atom. The van der Waals surface area contributed by atoms with E-state index in [-0.39, 0.29) is 4.75 Å². The molecule has 0 heterocycles. The Bertz CT molecular complexity index is 304. The molecule has 1 aromatic rings. The third-order valence-corrected chi connectivity index (χ3v) is 2.39. The summed E-state index contributed by atoms with van der Waals surface area (Å²) in [4.78, 5) is 0. The number of methoxy groups -OCH3 is 1. The molecule has 3 heteroatoms. The van der Waals surface area contributed by atoms with Gasteiger partial charge in [-0.3, -0.25) is 0 Å². The van der Waals surface area contributed by atoms with Crippen LogP contribution in [-0.2, 0) is 4.75 Å². The van der Waals surface area contributed by atoms with Crippen LogP contribution in [0.3, 0.4) is 0 Å². The highest BCUT2D eigenvalue weighted by Crippen LogP contribution is 2.34. The summed E-state index contributed by atoms with van der Waals surface area (Å²) in [6.45, 7) is 4.01. The van der Waals surface area contributed by atoms with Gasteiger partial charge in [-0.1, -0.05) is 17.7 Å². The minimum Gasteiger partial charge on any atom is -0.497 e. The average molecular weight is 217 g/mol. The van der Waals surface area contributed by atoms with E-state index < -0.39 is 0 Å². The molecular formula is C10H13ClOS. The van der Waals surface area contributed by atoms with Crippen molar-refractivity contribution >= 4 is 24.2 Å². The average Bonchev–Trinajstić information content (AvgIpc) is 2.01. The van der Waals surface area contributed by atoms with Crippen molar-refractivity contribution in [3.63, 3.8) is 0 Å². The van der Waals surface area contributed by atoms with Crippen molar-refractivity contribution in [2.75, 3.05) is 7.11 Å². The fourth-order valence-corrected chi connectivity index (χ4v) is 1.79. The Hall–Kier alpha value is -0.340. The Morgan fingerprint density at radius 2 is 2.00 bits per heavy atom. The Labute approximate surface area is 89.5 Å². The number of hydrogen-bond acceptors (Lipinski definition) is 2. The lowest BCUT2D eigenvalue weighted by molar-refractivity contribution is 0.414. The van der Waals surface area contributed by atoms with Gasteiger partial charge in [-0.25, -0.2) is 0 Å². The van der Waals surface area contributed by atoms with Gasteiger partial charge in [0.25, 0.3) is 0 Å². The molecule has 13 heavy (non-hydrogen) atoms. The zero-order chi connectivity index (χ0) is 10.1. The molecule has 0 saturated heterocycles. The third-order valence-electron chi connectivity index (χ3n) is 1.84. The van der Waals surface area contributed by atoms with Gasteiger partial charge < -0.3 is 4.74 Å². The molecule has 0 radical (unpaired) electrons. The number of ether oxygens (including phenoxy) is 1. The van der Waals surface area contributed by atoms with E-state index in [0.717, 1.165) is 11.3 Å². The van der Waals surface area contributed by atoms with E-state index in [9.17, 15) is 0 Å². The molecule has 0 aliphatic rings. The summed E-state index contributed by atoms with van der Waals surface area (Å²) in [6.07, 6.45) is 0. The monoisotopic (exact) mass is 216 g/mol. The van der Waals surface area contributed by atoms with Crippen LogP contribution in [0.1, 0.15) is 19.4 Å². The van der Waals surface area contributed by atoms with Gasteiger partial charge in [0.05, 0.1) is 7.11 Å². The molecule has 0 amide bonds. The molecule has 1 aromatic carbocycles. The number of hydrogen-bond donors (Lipinski definition) is 1. The summed E-state index contributed by atoms with van der Waals surface area (Å²) in [5.74, 6) is 0.770. The molecule has 0 aliphatic heterocycles. The minimum atomic E-state index is -0.219. The van der Waals surface area contributed by atoms with Gasteiger partial charge in [-0.2, -0.15) is 12.6 Å². The summed E-state index contributed by atoms with van der Waals surface area (Å²) >= 11 is 10.5. The van der Waals surface area contributed by atoms with Gasteiger partial charge in [0, 0.05) is 9.77 Å². The highest BCUT2D eigenvalue weighted by atomic mass is 35.5. The maximum atomic E-state index is 6.06. The van der Waals surface area contributed by atoms with Crippen LogP contribution in [0.5, 0.6) is 5.75 Å². The van der Waals surface area contributed by atoms with E-state index in [1.54, 1.807) is 13.2 Å². The van der Waals surface area contributed by atoms with E-state index in [0.29, 0.717) is 5.02 Å². The molecule has 0 atom stereocenters. The second-order valence-corrected chi connectivity index (χ2v) is 4.93. The van der Waals surface area contributed by atoms with Crippen LogP contribution in [0.4, 0.5) is 0 Å². The van der Waals surface area contributed by atoms with Crippen molar-refractivity contribution in [3.8, 4) is 5.75 Å². The van der Waals surface area contributed by atoms with Crippen LogP contribution >= 0.6 is 24.2 Å². The zero-order valence-electron chi connectivity index (χ0n) is 7.97. The largest absolute Gasteiger partial charge is 0.497 e. The van der Waals surface area contributed by atoms with Crippen molar-refractivity contribution in [2.24, 2.45) is 0 Å². The second kappa shape index (κ2) is 3.81. The van der Waals surface area contributed by atoms with E-state index in [2.05, 4.69) is 12.6 Å². The smallest absolute Gasteiger partial charge is 0.120 e. The van der Waals surface area contributed by atoms with Gasteiger partial charge >= 0.3 is 0 Å². The summed E-state index contributed by atoms with van der Waals surface area (Å²) < 4.78 is 4.83. The predicted molar refractivity (Wildman–Crippen MR) is 60.0 cm³/mol. The molecule has 0 fully saturated rings. The van der Waals surface area contributed by atoms with E-state index in [1.807, 2.05) is 26.0 Å². The van der Waals surface area contributed by atoms with Gasteiger partial charge in [-0.15, -0.1) is 0 Å². The number of halogens is 1. The number of benzene rings is 1. The molecule has 0 spiro atoms. The topological polar surface area (TPSA) is 9.23 Å². The Morgan fingerprint density at radius 3 is 2.38 bits per heavy atom. The lowest BCUT2D eigenvalue weighted by atomic mass is 10.0. The van der Waals surface area contributed by atoms with Crippen LogP contribution < -0.4 is 4.74 Å². The van der Waals surface area contributed by atoms with E-state index in [4.69, 9.17) is 16.3 Å². The van der Waals surface area contributed by atoms with Crippen LogP contribution in [-0.4, -0.2) is 7.11 Å². The highest BCUT2D eigenvalue weighted by molar-refractivity contribution is 7.81. The SMILES string of the molecule is COc1ccc(C(C)(C)S)c(Cl)c1. The molecule has 72 valence electrons. The maximum Gasteiger partial charge on any atom is 0.120 e.